The van der Waals surface area contributed by atoms with Crippen LogP contribution in [0.15, 0.2) is 59.1 Å². The van der Waals surface area contributed by atoms with Crippen LogP contribution in [0.25, 0.3) is 11.1 Å². The number of esters is 1. The molecular formula is C20H16N2O4. The Morgan fingerprint density at radius 3 is 2.27 bits per heavy atom. The normalized spacial score (nSPS) is 12.3. The van der Waals surface area contributed by atoms with Crippen LogP contribution in [0.1, 0.15) is 33.4 Å². The van der Waals surface area contributed by atoms with E-state index in [1.807, 2.05) is 48.5 Å². The van der Waals surface area contributed by atoms with E-state index in [1.54, 1.807) is 6.92 Å². The molecule has 2 aromatic carbocycles. The van der Waals surface area contributed by atoms with Gasteiger partial charge in [-0.1, -0.05) is 53.7 Å². The predicted octanol–water partition coefficient (Wildman–Crippen LogP) is 3.03. The summed E-state index contributed by atoms with van der Waals surface area (Å²) < 4.78 is 9.83. The Kier molecular flexibility index (Phi) is 4.01. The molecule has 0 fully saturated rings. The number of carbonyl (C=O) groups excluding carboxylic acids is 2. The summed E-state index contributed by atoms with van der Waals surface area (Å²) in [7, 11) is 0. The van der Waals surface area contributed by atoms with Crippen molar-refractivity contribution in [1.82, 2.24) is 10.5 Å². The lowest BCUT2D eigenvalue weighted by atomic mass is 10.1. The molecule has 6 nitrogen and oxygen atoms in total. The Morgan fingerprint density at radius 2 is 1.69 bits per heavy atom. The number of nitrogens with zero attached hydrogens (tertiary/aromatic N) is 1. The Balaban J connectivity index is 1.47. The molecule has 3 aromatic rings. The van der Waals surface area contributed by atoms with Crippen LogP contribution in [0.2, 0.25) is 0 Å². The average molecular weight is 348 g/mol. The number of hydrogen-bond donors (Lipinski definition) is 1. The highest BCUT2D eigenvalue weighted by Gasteiger charge is 2.29. The topological polar surface area (TPSA) is 81.4 Å². The highest BCUT2D eigenvalue weighted by Crippen LogP contribution is 2.42. The molecule has 4 rings (SSSR count). The zero-order chi connectivity index (χ0) is 18.1. The first kappa shape index (κ1) is 16.1. The zero-order valence-electron chi connectivity index (χ0n) is 14.1. The highest BCUT2D eigenvalue weighted by molar-refractivity contribution is 5.89. The van der Waals surface area contributed by atoms with Crippen LogP contribution in [-0.4, -0.2) is 23.6 Å². The SMILES string of the molecule is Cc1cc(C(=O)OCC(=O)NC2c3ccccc3-c3ccccc32)on1. The summed E-state index contributed by atoms with van der Waals surface area (Å²) in [6, 6.07) is 17.1. The lowest BCUT2D eigenvalue weighted by Gasteiger charge is -2.15. The Bertz CT molecular complexity index is 947. The monoisotopic (exact) mass is 348 g/mol. The van der Waals surface area contributed by atoms with Crippen LogP contribution >= 0.6 is 0 Å². The maximum atomic E-state index is 12.3. The van der Waals surface area contributed by atoms with Crippen molar-refractivity contribution in [1.29, 1.82) is 0 Å². The van der Waals surface area contributed by atoms with Crippen molar-refractivity contribution in [3.05, 3.63) is 77.2 Å². The van der Waals surface area contributed by atoms with Gasteiger partial charge in [-0.3, -0.25) is 4.79 Å². The van der Waals surface area contributed by atoms with Gasteiger partial charge >= 0.3 is 5.97 Å². The number of aryl methyl sites for hydroxylation is 1. The van der Waals surface area contributed by atoms with Crippen LogP contribution in [0.5, 0.6) is 0 Å². The van der Waals surface area contributed by atoms with Crippen LogP contribution in [-0.2, 0) is 9.53 Å². The molecule has 0 saturated carbocycles. The summed E-state index contributed by atoms with van der Waals surface area (Å²) in [4.78, 5) is 24.2. The van der Waals surface area contributed by atoms with Crippen molar-refractivity contribution in [2.75, 3.05) is 6.61 Å². The third kappa shape index (κ3) is 2.86. The minimum Gasteiger partial charge on any atom is -0.450 e. The third-order valence-electron chi connectivity index (χ3n) is 4.30. The molecule has 0 radical (unpaired) electrons. The molecule has 1 amide bonds. The van der Waals surface area contributed by atoms with Gasteiger partial charge in [0.2, 0.25) is 5.76 Å². The largest absolute Gasteiger partial charge is 0.450 e. The van der Waals surface area contributed by atoms with Crippen LogP contribution in [0, 0.1) is 6.92 Å². The molecule has 1 aliphatic rings. The van der Waals surface area contributed by atoms with Gasteiger partial charge in [0.15, 0.2) is 6.61 Å². The number of aromatic nitrogens is 1. The first-order valence-corrected chi connectivity index (χ1v) is 8.21. The van der Waals surface area contributed by atoms with Gasteiger partial charge in [0, 0.05) is 6.07 Å². The fourth-order valence-electron chi connectivity index (χ4n) is 3.18. The molecule has 130 valence electrons. The molecule has 1 heterocycles. The highest BCUT2D eigenvalue weighted by atomic mass is 16.6. The minimum atomic E-state index is -0.715. The molecule has 0 unspecified atom stereocenters. The van der Waals surface area contributed by atoms with E-state index in [4.69, 9.17) is 9.26 Å². The Morgan fingerprint density at radius 1 is 1.08 bits per heavy atom. The van der Waals surface area contributed by atoms with Gasteiger partial charge in [-0.05, 0) is 29.2 Å². The summed E-state index contributed by atoms with van der Waals surface area (Å²) in [6.45, 7) is 1.31. The van der Waals surface area contributed by atoms with Crippen molar-refractivity contribution < 1.29 is 18.8 Å². The first-order chi connectivity index (χ1) is 12.6. The lowest BCUT2D eigenvalue weighted by molar-refractivity contribution is -0.124. The van der Waals surface area contributed by atoms with Crippen LogP contribution in [0.3, 0.4) is 0 Å². The Hall–Kier alpha value is -3.41. The zero-order valence-corrected chi connectivity index (χ0v) is 14.1. The second-order valence-electron chi connectivity index (χ2n) is 6.08. The quantitative estimate of drug-likeness (QED) is 0.733. The first-order valence-electron chi connectivity index (χ1n) is 8.21. The molecule has 6 heteroatoms. The summed E-state index contributed by atoms with van der Waals surface area (Å²) >= 11 is 0. The van der Waals surface area contributed by atoms with Crippen molar-refractivity contribution in [2.24, 2.45) is 0 Å². The summed E-state index contributed by atoms with van der Waals surface area (Å²) in [5.41, 5.74) is 4.82. The third-order valence-corrected chi connectivity index (χ3v) is 4.30. The molecule has 0 aliphatic heterocycles. The lowest BCUT2D eigenvalue weighted by Crippen LogP contribution is -2.32. The van der Waals surface area contributed by atoms with Crippen molar-refractivity contribution in [3.8, 4) is 11.1 Å². The number of rotatable bonds is 4. The van der Waals surface area contributed by atoms with Crippen LogP contribution in [0.4, 0.5) is 0 Å². The average Bonchev–Trinajstić information content (AvgIpc) is 3.23. The molecule has 1 aromatic heterocycles. The number of amides is 1. The van der Waals surface area contributed by atoms with Crippen molar-refractivity contribution in [2.45, 2.75) is 13.0 Å². The van der Waals surface area contributed by atoms with Gasteiger partial charge in [-0.2, -0.15) is 0 Å². The molecule has 26 heavy (non-hydrogen) atoms. The number of carbonyl (C=O) groups is 2. The van der Waals surface area contributed by atoms with Gasteiger partial charge in [-0.25, -0.2) is 4.79 Å². The van der Waals surface area contributed by atoms with E-state index >= 15 is 0 Å². The summed E-state index contributed by atoms with van der Waals surface area (Å²) in [5, 5.41) is 6.56. The second kappa shape index (κ2) is 6.48. The summed E-state index contributed by atoms with van der Waals surface area (Å²) in [6.07, 6.45) is 0. The number of hydrogen-bond acceptors (Lipinski definition) is 5. The molecule has 1 N–H and O–H groups in total. The van der Waals surface area contributed by atoms with Crippen LogP contribution < -0.4 is 5.32 Å². The van der Waals surface area contributed by atoms with Crippen molar-refractivity contribution >= 4 is 11.9 Å². The van der Waals surface area contributed by atoms with E-state index in [9.17, 15) is 9.59 Å². The molecule has 0 bridgehead atoms. The van der Waals surface area contributed by atoms with E-state index in [0.717, 1.165) is 22.3 Å². The number of benzene rings is 2. The fourth-order valence-corrected chi connectivity index (χ4v) is 3.18. The number of ether oxygens (including phenoxy) is 1. The van der Waals surface area contributed by atoms with Gasteiger partial charge in [0.1, 0.15) is 0 Å². The maximum absolute atomic E-state index is 12.3. The van der Waals surface area contributed by atoms with Gasteiger partial charge in [0.05, 0.1) is 11.7 Å². The Labute approximate surface area is 149 Å². The van der Waals surface area contributed by atoms with E-state index in [2.05, 4.69) is 10.5 Å². The van der Waals surface area contributed by atoms with E-state index in [-0.39, 0.29) is 24.3 Å². The predicted molar refractivity (Wildman–Crippen MR) is 93.4 cm³/mol. The van der Waals surface area contributed by atoms with E-state index < -0.39 is 5.97 Å². The number of fused-ring (bicyclic) bond motifs is 3. The van der Waals surface area contributed by atoms with Gasteiger partial charge < -0.3 is 14.6 Å². The van der Waals surface area contributed by atoms with Gasteiger partial charge in [-0.15, -0.1) is 0 Å². The van der Waals surface area contributed by atoms with Crippen molar-refractivity contribution in [3.63, 3.8) is 0 Å². The standard InChI is InChI=1S/C20H16N2O4/c1-12-10-17(26-22-12)20(24)25-11-18(23)21-19-15-8-4-2-6-13(15)14-7-3-5-9-16(14)19/h2-10,19H,11H2,1H3,(H,21,23). The molecule has 0 spiro atoms. The van der Waals surface area contributed by atoms with E-state index in [1.165, 1.54) is 6.07 Å². The smallest absolute Gasteiger partial charge is 0.377 e. The minimum absolute atomic E-state index is 0.0214. The van der Waals surface area contributed by atoms with Gasteiger partial charge in [0.25, 0.3) is 5.91 Å². The maximum Gasteiger partial charge on any atom is 0.377 e. The number of nitrogens with one attached hydrogen (secondary N) is 1. The second-order valence-corrected chi connectivity index (χ2v) is 6.08. The molecule has 0 saturated heterocycles. The molecule has 0 atom stereocenters. The molecular weight excluding hydrogens is 332 g/mol. The summed E-state index contributed by atoms with van der Waals surface area (Å²) in [5.74, 6) is -1.12. The van der Waals surface area contributed by atoms with E-state index in [0.29, 0.717) is 5.69 Å². The molecule has 1 aliphatic carbocycles. The fraction of sp³-hybridized carbons (Fsp3) is 0.150.